The van der Waals surface area contributed by atoms with Crippen molar-refractivity contribution in [3.05, 3.63) is 30.1 Å². The van der Waals surface area contributed by atoms with E-state index in [9.17, 15) is 4.79 Å². The molecule has 0 aliphatic heterocycles. The summed E-state index contributed by atoms with van der Waals surface area (Å²) in [6.07, 6.45) is 4.86. The van der Waals surface area contributed by atoms with Crippen molar-refractivity contribution in [2.45, 2.75) is 32.7 Å². The fraction of sp³-hybridized carbons (Fsp3) is 0.500. The minimum atomic E-state index is -0.0533. The molecule has 0 spiro atoms. The van der Waals surface area contributed by atoms with Crippen LogP contribution in [0.4, 0.5) is 0 Å². The Hall–Kier alpha value is -1.22. The zero-order valence-electron chi connectivity index (χ0n) is 9.36. The van der Waals surface area contributed by atoms with E-state index in [4.69, 9.17) is 0 Å². The smallest absolute Gasteiger partial charge is 0.149 e. The number of Topliss-reactive ketones (excluding diaryl/α,β-unsaturated/α-hetero) is 1. The second-order valence-corrected chi connectivity index (χ2v) is 3.49. The topological polar surface area (TPSA) is 42.0 Å². The van der Waals surface area contributed by atoms with Crippen LogP contribution in [0, 0.1) is 0 Å². The molecule has 1 rings (SSSR count). The molecule has 0 fully saturated rings. The highest BCUT2D eigenvalue weighted by atomic mass is 16.1. The molecule has 1 N–H and O–H groups in total. The van der Waals surface area contributed by atoms with Crippen molar-refractivity contribution in [1.29, 1.82) is 0 Å². The lowest BCUT2D eigenvalue weighted by molar-refractivity contribution is -0.120. The SMILES string of the molecule is CCNC(Cc1ccncc1)C(=O)CC. The monoisotopic (exact) mass is 206 g/mol. The van der Waals surface area contributed by atoms with Crippen LogP contribution in [-0.4, -0.2) is 23.4 Å². The molecule has 0 radical (unpaired) electrons. The first-order valence-electron chi connectivity index (χ1n) is 5.43. The summed E-state index contributed by atoms with van der Waals surface area (Å²) >= 11 is 0. The van der Waals surface area contributed by atoms with Gasteiger partial charge in [0.2, 0.25) is 0 Å². The van der Waals surface area contributed by atoms with Crippen LogP contribution < -0.4 is 5.32 Å². The van der Waals surface area contributed by atoms with Gasteiger partial charge in [-0.05, 0) is 30.7 Å². The van der Waals surface area contributed by atoms with E-state index < -0.39 is 0 Å². The molecular formula is C12H18N2O. The Morgan fingerprint density at radius 1 is 1.40 bits per heavy atom. The van der Waals surface area contributed by atoms with Crippen molar-refractivity contribution < 1.29 is 4.79 Å². The van der Waals surface area contributed by atoms with E-state index in [1.165, 1.54) is 0 Å². The maximum atomic E-state index is 11.6. The molecule has 0 bridgehead atoms. The molecule has 15 heavy (non-hydrogen) atoms. The quantitative estimate of drug-likeness (QED) is 0.768. The number of carbonyl (C=O) groups is 1. The lowest BCUT2D eigenvalue weighted by Gasteiger charge is -2.15. The van der Waals surface area contributed by atoms with Crippen LogP contribution in [0.15, 0.2) is 24.5 Å². The van der Waals surface area contributed by atoms with Crippen LogP contribution in [-0.2, 0) is 11.2 Å². The molecule has 82 valence electrons. The van der Waals surface area contributed by atoms with E-state index in [0.29, 0.717) is 6.42 Å². The lowest BCUT2D eigenvalue weighted by atomic mass is 10.0. The van der Waals surface area contributed by atoms with Gasteiger partial charge in [-0.2, -0.15) is 0 Å². The number of ketones is 1. The van der Waals surface area contributed by atoms with E-state index >= 15 is 0 Å². The Labute approximate surface area is 90.9 Å². The number of nitrogens with one attached hydrogen (secondary N) is 1. The number of rotatable bonds is 6. The number of aromatic nitrogens is 1. The van der Waals surface area contributed by atoms with Gasteiger partial charge in [-0.25, -0.2) is 0 Å². The van der Waals surface area contributed by atoms with Gasteiger partial charge in [0.25, 0.3) is 0 Å². The molecule has 1 unspecified atom stereocenters. The Balaban J connectivity index is 2.62. The minimum Gasteiger partial charge on any atom is -0.307 e. The number of hydrogen-bond acceptors (Lipinski definition) is 3. The highest BCUT2D eigenvalue weighted by Gasteiger charge is 2.15. The summed E-state index contributed by atoms with van der Waals surface area (Å²) in [5.41, 5.74) is 1.15. The third kappa shape index (κ3) is 3.80. The fourth-order valence-corrected chi connectivity index (χ4v) is 1.55. The van der Waals surface area contributed by atoms with Gasteiger partial charge in [-0.1, -0.05) is 13.8 Å². The molecular weight excluding hydrogens is 188 g/mol. The molecule has 0 aliphatic carbocycles. The standard InChI is InChI=1S/C12H18N2O/c1-3-12(15)11(14-4-2)9-10-5-7-13-8-6-10/h5-8,11,14H,3-4,9H2,1-2H3. The average molecular weight is 206 g/mol. The fourth-order valence-electron chi connectivity index (χ4n) is 1.55. The number of hydrogen-bond donors (Lipinski definition) is 1. The minimum absolute atomic E-state index is 0.0533. The summed E-state index contributed by atoms with van der Waals surface area (Å²) in [4.78, 5) is 15.6. The summed E-state index contributed by atoms with van der Waals surface area (Å²) in [5, 5.41) is 3.21. The normalized spacial score (nSPS) is 12.4. The number of nitrogens with zero attached hydrogens (tertiary/aromatic N) is 1. The average Bonchev–Trinajstić information content (AvgIpc) is 2.29. The molecule has 3 nitrogen and oxygen atoms in total. The Kier molecular flexibility index (Phi) is 4.98. The number of pyridine rings is 1. The van der Waals surface area contributed by atoms with Crippen LogP contribution in [0.3, 0.4) is 0 Å². The molecule has 0 saturated heterocycles. The van der Waals surface area contributed by atoms with Crippen molar-refractivity contribution in [1.82, 2.24) is 10.3 Å². The van der Waals surface area contributed by atoms with Crippen molar-refractivity contribution in [2.75, 3.05) is 6.54 Å². The molecule has 1 aromatic rings. The predicted molar refractivity (Wildman–Crippen MR) is 60.7 cm³/mol. The molecule has 0 aromatic carbocycles. The predicted octanol–water partition coefficient (Wildman–Crippen LogP) is 1.58. The lowest BCUT2D eigenvalue weighted by Crippen LogP contribution is -2.38. The summed E-state index contributed by atoms with van der Waals surface area (Å²) in [5.74, 6) is 0.272. The second-order valence-electron chi connectivity index (χ2n) is 3.49. The zero-order valence-corrected chi connectivity index (χ0v) is 9.36. The largest absolute Gasteiger partial charge is 0.307 e. The van der Waals surface area contributed by atoms with Crippen LogP contribution >= 0.6 is 0 Å². The molecule has 0 amide bonds. The van der Waals surface area contributed by atoms with Gasteiger partial charge in [0.05, 0.1) is 6.04 Å². The van der Waals surface area contributed by atoms with Crippen molar-refractivity contribution in [3.8, 4) is 0 Å². The van der Waals surface area contributed by atoms with Gasteiger partial charge in [0.1, 0.15) is 5.78 Å². The Morgan fingerprint density at radius 3 is 2.60 bits per heavy atom. The second kappa shape index (κ2) is 6.30. The third-order valence-corrected chi connectivity index (χ3v) is 2.38. The molecule has 1 atom stereocenters. The van der Waals surface area contributed by atoms with Gasteiger partial charge >= 0.3 is 0 Å². The number of likely N-dealkylation sites (N-methyl/N-ethyl adjacent to an activating group) is 1. The zero-order chi connectivity index (χ0) is 11.1. The van der Waals surface area contributed by atoms with Crippen molar-refractivity contribution >= 4 is 5.78 Å². The van der Waals surface area contributed by atoms with Gasteiger partial charge < -0.3 is 5.32 Å². The van der Waals surface area contributed by atoms with Crippen molar-refractivity contribution in [2.24, 2.45) is 0 Å². The summed E-state index contributed by atoms with van der Waals surface area (Å²) in [7, 11) is 0. The maximum absolute atomic E-state index is 11.6. The van der Waals surface area contributed by atoms with E-state index in [1.54, 1.807) is 12.4 Å². The maximum Gasteiger partial charge on any atom is 0.149 e. The third-order valence-electron chi connectivity index (χ3n) is 2.38. The first-order valence-corrected chi connectivity index (χ1v) is 5.43. The number of carbonyl (C=O) groups excluding carboxylic acids is 1. The summed E-state index contributed by atoms with van der Waals surface area (Å²) in [6, 6.07) is 3.85. The van der Waals surface area contributed by atoms with E-state index in [0.717, 1.165) is 18.5 Å². The van der Waals surface area contributed by atoms with Gasteiger partial charge in [-0.3, -0.25) is 9.78 Å². The van der Waals surface area contributed by atoms with Crippen LogP contribution in [0.25, 0.3) is 0 Å². The van der Waals surface area contributed by atoms with Crippen LogP contribution in [0.1, 0.15) is 25.8 Å². The van der Waals surface area contributed by atoms with Crippen LogP contribution in [0.2, 0.25) is 0 Å². The first kappa shape index (κ1) is 11.9. The molecule has 0 saturated carbocycles. The summed E-state index contributed by atoms with van der Waals surface area (Å²) in [6.45, 7) is 4.74. The van der Waals surface area contributed by atoms with E-state index in [1.807, 2.05) is 26.0 Å². The highest BCUT2D eigenvalue weighted by molar-refractivity contribution is 5.84. The van der Waals surface area contributed by atoms with Crippen LogP contribution in [0.5, 0.6) is 0 Å². The molecule has 0 aliphatic rings. The van der Waals surface area contributed by atoms with E-state index in [-0.39, 0.29) is 11.8 Å². The van der Waals surface area contributed by atoms with Gasteiger partial charge in [0.15, 0.2) is 0 Å². The highest BCUT2D eigenvalue weighted by Crippen LogP contribution is 2.04. The first-order chi connectivity index (χ1) is 7.27. The van der Waals surface area contributed by atoms with E-state index in [2.05, 4.69) is 10.3 Å². The molecule has 3 heteroatoms. The molecule has 1 aromatic heterocycles. The van der Waals surface area contributed by atoms with Crippen molar-refractivity contribution in [3.63, 3.8) is 0 Å². The molecule has 1 heterocycles. The van der Waals surface area contributed by atoms with Gasteiger partial charge in [0, 0.05) is 18.8 Å². The Morgan fingerprint density at radius 2 is 2.07 bits per heavy atom. The van der Waals surface area contributed by atoms with Gasteiger partial charge in [-0.15, -0.1) is 0 Å². The summed E-state index contributed by atoms with van der Waals surface area (Å²) < 4.78 is 0. The Bertz CT molecular complexity index is 298.